The molecule has 0 bridgehead atoms. The predicted octanol–water partition coefficient (Wildman–Crippen LogP) is 2.82. The van der Waals surface area contributed by atoms with Crippen LogP contribution in [0.3, 0.4) is 0 Å². The van der Waals surface area contributed by atoms with Crippen LogP contribution >= 0.6 is 0 Å². The van der Waals surface area contributed by atoms with Crippen molar-refractivity contribution < 1.29 is 18.7 Å². The summed E-state index contributed by atoms with van der Waals surface area (Å²) >= 11 is 0. The van der Waals surface area contributed by atoms with Crippen LogP contribution in [0.2, 0.25) is 0 Å². The number of hydrogen-bond acceptors (Lipinski definition) is 3. The molecule has 3 N–H and O–H groups in total. The number of carbonyl (C=O) groups is 1. The average molecular weight is 386 g/mol. The molecule has 2 amide bonds. The van der Waals surface area contributed by atoms with Gasteiger partial charge in [-0.25, -0.2) is 18.6 Å². The number of nitrogens with one attached hydrogen (secondary N) is 2. The fraction of sp³-hybridized carbons (Fsp3) is 0.200. The minimum atomic E-state index is -0.993. The molecular formula is C20H20F2N4O2. The van der Waals surface area contributed by atoms with Gasteiger partial charge in [0.2, 0.25) is 0 Å². The van der Waals surface area contributed by atoms with Crippen molar-refractivity contribution in [2.24, 2.45) is 7.05 Å². The zero-order chi connectivity index (χ0) is 20.1. The van der Waals surface area contributed by atoms with Crippen molar-refractivity contribution in [2.75, 3.05) is 6.54 Å². The number of amides is 2. The van der Waals surface area contributed by atoms with Gasteiger partial charge in [0.25, 0.3) is 0 Å². The second kappa shape index (κ2) is 8.62. The van der Waals surface area contributed by atoms with Crippen LogP contribution < -0.4 is 10.6 Å². The predicted molar refractivity (Wildman–Crippen MR) is 99.3 cm³/mol. The highest BCUT2D eigenvalue weighted by molar-refractivity contribution is 5.75. The molecule has 2 aromatic carbocycles. The van der Waals surface area contributed by atoms with E-state index in [2.05, 4.69) is 15.6 Å². The maximum atomic E-state index is 13.7. The van der Waals surface area contributed by atoms with Gasteiger partial charge in [0, 0.05) is 26.0 Å². The summed E-state index contributed by atoms with van der Waals surface area (Å²) < 4.78 is 28.4. The quantitative estimate of drug-likeness (QED) is 0.610. The zero-order valence-corrected chi connectivity index (χ0v) is 15.1. The number of aliphatic hydroxyl groups is 1. The summed E-state index contributed by atoms with van der Waals surface area (Å²) in [4.78, 5) is 16.6. The number of nitrogens with zero attached hydrogens (tertiary/aromatic N) is 2. The molecule has 2 atom stereocenters. The largest absolute Gasteiger partial charge is 0.387 e. The van der Waals surface area contributed by atoms with E-state index in [0.29, 0.717) is 17.0 Å². The topological polar surface area (TPSA) is 79.2 Å². The maximum absolute atomic E-state index is 13.7. The Balaban J connectivity index is 1.69. The Labute approximate surface area is 160 Å². The first kappa shape index (κ1) is 19.5. The van der Waals surface area contributed by atoms with Crippen molar-refractivity contribution in [2.45, 2.75) is 12.1 Å². The van der Waals surface area contributed by atoms with Gasteiger partial charge in [-0.2, -0.15) is 0 Å². The number of halogens is 2. The van der Waals surface area contributed by atoms with E-state index in [1.807, 2.05) is 0 Å². The summed E-state index contributed by atoms with van der Waals surface area (Å²) in [5, 5.41) is 15.5. The number of hydrogen-bond donors (Lipinski definition) is 3. The third-order valence-electron chi connectivity index (χ3n) is 4.28. The highest BCUT2D eigenvalue weighted by atomic mass is 19.1. The molecule has 146 valence electrons. The van der Waals surface area contributed by atoms with E-state index in [4.69, 9.17) is 0 Å². The number of rotatable bonds is 6. The van der Waals surface area contributed by atoms with Gasteiger partial charge in [0.15, 0.2) is 0 Å². The van der Waals surface area contributed by atoms with Crippen LogP contribution in [0.1, 0.15) is 29.1 Å². The zero-order valence-electron chi connectivity index (χ0n) is 15.1. The number of aliphatic hydroxyl groups excluding tert-OH is 1. The maximum Gasteiger partial charge on any atom is 0.315 e. The standard InChI is InChI=1S/C20H20F2N4O2/c1-26-10-9-23-19(26)18(14-3-2-4-16(22)11-14)25-20(28)24-12-17(27)13-5-7-15(21)8-6-13/h2-11,17-18,27H,12H2,1H3,(H2,24,25,28). The van der Waals surface area contributed by atoms with E-state index in [1.165, 1.54) is 36.4 Å². The smallest absolute Gasteiger partial charge is 0.315 e. The number of carbonyl (C=O) groups excluding carboxylic acids is 1. The molecule has 0 saturated heterocycles. The van der Waals surface area contributed by atoms with Crippen LogP contribution in [0.15, 0.2) is 60.9 Å². The lowest BCUT2D eigenvalue weighted by atomic mass is 10.1. The Morgan fingerprint density at radius 2 is 1.89 bits per heavy atom. The molecule has 6 nitrogen and oxygen atoms in total. The molecule has 8 heteroatoms. The summed E-state index contributed by atoms with van der Waals surface area (Å²) in [5.41, 5.74) is 1.01. The van der Waals surface area contributed by atoms with Crippen LogP contribution in [0, 0.1) is 11.6 Å². The molecule has 28 heavy (non-hydrogen) atoms. The number of aromatic nitrogens is 2. The Morgan fingerprint density at radius 3 is 2.54 bits per heavy atom. The lowest BCUT2D eigenvalue weighted by molar-refractivity contribution is 0.172. The molecule has 3 aromatic rings. The van der Waals surface area contributed by atoms with E-state index in [9.17, 15) is 18.7 Å². The molecule has 2 unspecified atom stereocenters. The molecule has 0 spiro atoms. The first-order valence-corrected chi connectivity index (χ1v) is 8.64. The van der Waals surface area contributed by atoms with E-state index in [1.54, 1.807) is 36.1 Å². The minimum absolute atomic E-state index is 0.0755. The van der Waals surface area contributed by atoms with Gasteiger partial charge in [-0.05, 0) is 35.4 Å². The third kappa shape index (κ3) is 4.72. The van der Waals surface area contributed by atoms with Crippen molar-refractivity contribution >= 4 is 6.03 Å². The summed E-state index contributed by atoms with van der Waals surface area (Å²) in [7, 11) is 1.77. The number of imidazole rings is 1. The molecule has 0 aliphatic rings. The van der Waals surface area contributed by atoms with Crippen LogP contribution in [0.25, 0.3) is 0 Å². The number of urea groups is 1. The lowest BCUT2D eigenvalue weighted by Crippen LogP contribution is -2.40. The Morgan fingerprint density at radius 1 is 1.14 bits per heavy atom. The Bertz CT molecular complexity index is 943. The lowest BCUT2D eigenvalue weighted by Gasteiger charge is -2.20. The molecule has 0 fully saturated rings. The van der Waals surface area contributed by atoms with E-state index in [0.717, 1.165) is 0 Å². The molecule has 1 aromatic heterocycles. The van der Waals surface area contributed by atoms with Crippen molar-refractivity contribution in [3.63, 3.8) is 0 Å². The fourth-order valence-corrected chi connectivity index (χ4v) is 2.81. The van der Waals surface area contributed by atoms with Gasteiger partial charge in [-0.1, -0.05) is 24.3 Å². The second-order valence-corrected chi connectivity index (χ2v) is 6.31. The van der Waals surface area contributed by atoms with Gasteiger partial charge in [-0.15, -0.1) is 0 Å². The fourth-order valence-electron chi connectivity index (χ4n) is 2.81. The van der Waals surface area contributed by atoms with E-state index in [-0.39, 0.29) is 6.54 Å². The van der Waals surface area contributed by atoms with Gasteiger partial charge < -0.3 is 20.3 Å². The highest BCUT2D eigenvalue weighted by Crippen LogP contribution is 2.21. The first-order chi connectivity index (χ1) is 13.4. The van der Waals surface area contributed by atoms with Crippen molar-refractivity contribution in [1.29, 1.82) is 0 Å². The van der Waals surface area contributed by atoms with Crippen LogP contribution in [-0.4, -0.2) is 27.2 Å². The van der Waals surface area contributed by atoms with Gasteiger partial charge in [-0.3, -0.25) is 0 Å². The van der Waals surface area contributed by atoms with Gasteiger partial charge in [0.1, 0.15) is 23.5 Å². The second-order valence-electron chi connectivity index (χ2n) is 6.31. The van der Waals surface area contributed by atoms with E-state index >= 15 is 0 Å². The minimum Gasteiger partial charge on any atom is -0.387 e. The van der Waals surface area contributed by atoms with Gasteiger partial charge in [0.05, 0.1) is 6.10 Å². The monoisotopic (exact) mass is 386 g/mol. The molecule has 0 aliphatic carbocycles. The first-order valence-electron chi connectivity index (χ1n) is 8.64. The van der Waals surface area contributed by atoms with E-state index < -0.39 is 29.8 Å². The van der Waals surface area contributed by atoms with Crippen molar-refractivity contribution in [1.82, 2.24) is 20.2 Å². The summed E-state index contributed by atoms with van der Waals surface area (Å²) in [6, 6.07) is 10.0. The third-order valence-corrected chi connectivity index (χ3v) is 4.28. The van der Waals surface area contributed by atoms with Crippen LogP contribution in [0.5, 0.6) is 0 Å². The number of aryl methyl sites for hydroxylation is 1. The average Bonchev–Trinajstić information content (AvgIpc) is 3.10. The molecule has 0 saturated carbocycles. The normalized spacial score (nSPS) is 13.0. The molecule has 3 rings (SSSR count). The summed E-state index contributed by atoms with van der Waals surface area (Å²) in [6.07, 6.45) is 2.31. The van der Waals surface area contributed by atoms with Crippen LogP contribution in [-0.2, 0) is 7.05 Å². The number of benzene rings is 2. The van der Waals surface area contributed by atoms with Crippen molar-refractivity contribution in [3.8, 4) is 0 Å². The summed E-state index contributed by atoms with van der Waals surface area (Å²) in [5.74, 6) is -0.305. The molecule has 0 aliphatic heterocycles. The Hall–Kier alpha value is -3.26. The van der Waals surface area contributed by atoms with Gasteiger partial charge >= 0.3 is 6.03 Å². The highest BCUT2D eigenvalue weighted by Gasteiger charge is 2.21. The van der Waals surface area contributed by atoms with Crippen LogP contribution in [0.4, 0.5) is 13.6 Å². The SMILES string of the molecule is Cn1ccnc1C(NC(=O)NCC(O)c1ccc(F)cc1)c1cccc(F)c1. The Kier molecular flexibility index (Phi) is 6.00. The molecule has 0 radical (unpaired) electrons. The molecule has 1 heterocycles. The summed E-state index contributed by atoms with van der Waals surface area (Å²) in [6.45, 7) is -0.0755. The molecular weight excluding hydrogens is 366 g/mol. The van der Waals surface area contributed by atoms with Crippen molar-refractivity contribution in [3.05, 3.63) is 89.5 Å².